The SMILES string of the molecule is Cc1cccc(C(CCO)C2CCOCC2)c1. The monoisotopic (exact) mass is 234 g/mol. The molecule has 1 saturated heterocycles. The lowest BCUT2D eigenvalue weighted by Gasteiger charge is -2.30. The zero-order chi connectivity index (χ0) is 12.1. The molecule has 0 aromatic heterocycles. The van der Waals surface area contributed by atoms with Crippen molar-refractivity contribution in [3.05, 3.63) is 35.4 Å². The minimum absolute atomic E-state index is 0.274. The molecule has 1 aromatic carbocycles. The second-order valence-electron chi connectivity index (χ2n) is 4.98. The van der Waals surface area contributed by atoms with Crippen molar-refractivity contribution in [2.45, 2.75) is 32.1 Å². The molecule has 1 N–H and O–H groups in total. The normalized spacial score (nSPS) is 19.2. The van der Waals surface area contributed by atoms with Crippen molar-refractivity contribution in [1.29, 1.82) is 0 Å². The van der Waals surface area contributed by atoms with Crippen molar-refractivity contribution in [3.63, 3.8) is 0 Å². The highest BCUT2D eigenvalue weighted by Crippen LogP contribution is 2.34. The zero-order valence-electron chi connectivity index (χ0n) is 10.6. The summed E-state index contributed by atoms with van der Waals surface area (Å²) in [6, 6.07) is 8.70. The van der Waals surface area contributed by atoms with Crippen LogP contribution in [-0.4, -0.2) is 24.9 Å². The average Bonchev–Trinajstić information content (AvgIpc) is 2.37. The van der Waals surface area contributed by atoms with Crippen molar-refractivity contribution in [1.82, 2.24) is 0 Å². The molecule has 0 amide bonds. The number of hydrogen-bond donors (Lipinski definition) is 1. The molecule has 0 bridgehead atoms. The fourth-order valence-electron chi connectivity index (χ4n) is 2.83. The molecule has 94 valence electrons. The van der Waals surface area contributed by atoms with Crippen LogP contribution in [0.1, 0.15) is 36.3 Å². The van der Waals surface area contributed by atoms with E-state index >= 15 is 0 Å². The third kappa shape index (κ3) is 3.30. The summed E-state index contributed by atoms with van der Waals surface area (Å²) in [5.41, 5.74) is 2.68. The average molecular weight is 234 g/mol. The first kappa shape index (κ1) is 12.6. The third-order valence-corrected chi connectivity index (χ3v) is 3.75. The van der Waals surface area contributed by atoms with Crippen molar-refractivity contribution >= 4 is 0 Å². The first-order valence-electron chi connectivity index (χ1n) is 6.56. The molecule has 1 atom stereocenters. The van der Waals surface area contributed by atoms with Gasteiger partial charge in [0, 0.05) is 19.8 Å². The number of aliphatic hydroxyl groups excluding tert-OH is 1. The lowest BCUT2D eigenvalue weighted by Crippen LogP contribution is -2.23. The minimum atomic E-state index is 0.274. The third-order valence-electron chi connectivity index (χ3n) is 3.75. The molecule has 2 nitrogen and oxygen atoms in total. The van der Waals surface area contributed by atoms with E-state index in [1.165, 1.54) is 11.1 Å². The van der Waals surface area contributed by atoms with Crippen LogP contribution in [0.4, 0.5) is 0 Å². The van der Waals surface area contributed by atoms with Crippen molar-refractivity contribution in [3.8, 4) is 0 Å². The summed E-state index contributed by atoms with van der Waals surface area (Å²) < 4.78 is 5.43. The molecule has 1 aromatic rings. The Kier molecular flexibility index (Phi) is 4.57. The molecule has 2 rings (SSSR count). The number of aliphatic hydroxyl groups is 1. The molecule has 1 unspecified atom stereocenters. The standard InChI is InChI=1S/C15H22O2/c1-12-3-2-4-14(11-12)15(5-8-16)13-6-9-17-10-7-13/h2-4,11,13,15-16H,5-10H2,1H3. The van der Waals surface area contributed by atoms with Crippen molar-refractivity contribution in [2.75, 3.05) is 19.8 Å². The van der Waals surface area contributed by atoms with E-state index in [4.69, 9.17) is 4.74 Å². The van der Waals surface area contributed by atoms with Crippen LogP contribution in [0.15, 0.2) is 24.3 Å². The van der Waals surface area contributed by atoms with Gasteiger partial charge in [0.25, 0.3) is 0 Å². The molecule has 0 saturated carbocycles. The fraction of sp³-hybridized carbons (Fsp3) is 0.600. The predicted octanol–water partition coefficient (Wildman–Crippen LogP) is 2.89. The molecular formula is C15H22O2. The van der Waals surface area contributed by atoms with Gasteiger partial charge in [-0.05, 0) is 43.6 Å². The maximum atomic E-state index is 9.27. The Morgan fingerprint density at radius 3 is 2.76 bits per heavy atom. The van der Waals surface area contributed by atoms with E-state index < -0.39 is 0 Å². The number of ether oxygens (including phenoxy) is 1. The van der Waals surface area contributed by atoms with Gasteiger partial charge in [0.1, 0.15) is 0 Å². The number of rotatable bonds is 4. The summed E-state index contributed by atoms with van der Waals surface area (Å²) in [5, 5.41) is 9.27. The molecule has 1 heterocycles. The molecule has 2 heteroatoms. The topological polar surface area (TPSA) is 29.5 Å². The van der Waals surface area contributed by atoms with E-state index in [2.05, 4.69) is 31.2 Å². The zero-order valence-corrected chi connectivity index (χ0v) is 10.6. The molecule has 17 heavy (non-hydrogen) atoms. The molecular weight excluding hydrogens is 212 g/mol. The smallest absolute Gasteiger partial charge is 0.0468 e. The largest absolute Gasteiger partial charge is 0.396 e. The maximum Gasteiger partial charge on any atom is 0.0468 e. The van der Waals surface area contributed by atoms with Crippen LogP contribution in [0.25, 0.3) is 0 Å². The number of hydrogen-bond acceptors (Lipinski definition) is 2. The maximum absolute atomic E-state index is 9.27. The Morgan fingerprint density at radius 2 is 2.12 bits per heavy atom. The first-order valence-corrected chi connectivity index (χ1v) is 6.56. The predicted molar refractivity (Wildman–Crippen MR) is 69.2 cm³/mol. The minimum Gasteiger partial charge on any atom is -0.396 e. The molecule has 1 aliphatic rings. The Bertz CT molecular complexity index is 343. The van der Waals surface area contributed by atoms with E-state index in [0.29, 0.717) is 11.8 Å². The summed E-state index contributed by atoms with van der Waals surface area (Å²) in [4.78, 5) is 0. The van der Waals surface area contributed by atoms with Crippen molar-refractivity contribution < 1.29 is 9.84 Å². The Morgan fingerprint density at radius 1 is 1.35 bits per heavy atom. The Hall–Kier alpha value is -0.860. The summed E-state index contributed by atoms with van der Waals surface area (Å²) in [6.45, 7) is 4.15. The molecule has 0 radical (unpaired) electrons. The molecule has 0 aliphatic carbocycles. The van der Waals surface area contributed by atoms with Gasteiger partial charge in [0.05, 0.1) is 0 Å². The fourth-order valence-corrected chi connectivity index (χ4v) is 2.83. The Balaban J connectivity index is 2.15. The summed E-state index contributed by atoms with van der Waals surface area (Å²) in [5.74, 6) is 1.15. The molecule has 1 fully saturated rings. The Labute approximate surface area is 104 Å². The van der Waals surface area contributed by atoms with Gasteiger partial charge in [0.15, 0.2) is 0 Å². The lowest BCUT2D eigenvalue weighted by atomic mass is 9.79. The lowest BCUT2D eigenvalue weighted by molar-refractivity contribution is 0.0544. The van der Waals surface area contributed by atoms with E-state index in [1.54, 1.807) is 0 Å². The quantitative estimate of drug-likeness (QED) is 0.868. The van der Waals surface area contributed by atoms with Crippen LogP contribution in [-0.2, 0) is 4.74 Å². The highest BCUT2D eigenvalue weighted by Gasteiger charge is 2.24. The number of benzene rings is 1. The van der Waals surface area contributed by atoms with Gasteiger partial charge in [0.2, 0.25) is 0 Å². The van der Waals surface area contributed by atoms with Crippen LogP contribution in [0.2, 0.25) is 0 Å². The van der Waals surface area contributed by atoms with Crippen LogP contribution < -0.4 is 0 Å². The second kappa shape index (κ2) is 6.18. The van der Waals surface area contributed by atoms with Crippen LogP contribution in [0.3, 0.4) is 0 Å². The highest BCUT2D eigenvalue weighted by atomic mass is 16.5. The van der Waals surface area contributed by atoms with Gasteiger partial charge in [-0.15, -0.1) is 0 Å². The van der Waals surface area contributed by atoms with Gasteiger partial charge in [-0.1, -0.05) is 29.8 Å². The van der Waals surface area contributed by atoms with E-state index in [-0.39, 0.29) is 6.61 Å². The van der Waals surface area contributed by atoms with E-state index in [1.807, 2.05) is 0 Å². The van der Waals surface area contributed by atoms with E-state index in [0.717, 1.165) is 32.5 Å². The highest BCUT2D eigenvalue weighted by molar-refractivity contribution is 5.26. The van der Waals surface area contributed by atoms with Crippen LogP contribution in [0.5, 0.6) is 0 Å². The number of aryl methyl sites for hydroxylation is 1. The van der Waals surface area contributed by atoms with Crippen molar-refractivity contribution in [2.24, 2.45) is 5.92 Å². The van der Waals surface area contributed by atoms with Gasteiger partial charge in [-0.3, -0.25) is 0 Å². The second-order valence-corrected chi connectivity index (χ2v) is 4.98. The first-order chi connectivity index (χ1) is 8.31. The van der Waals surface area contributed by atoms with Crippen LogP contribution in [0, 0.1) is 12.8 Å². The summed E-state index contributed by atoms with van der Waals surface area (Å²) in [6.07, 6.45) is 3.12. The summed E-state index contributed by atoms with van der Waals surface area (Å²) >= 11 is 0. The molecule has 0 spiro atoms. The van der Waals surface area contributed by atoms with Gasteiger partial charge in [-0.25, -0.2) is 0 Å². The van der Waals surface area contributed by atoms with Crippen LogP contribution >= 0.6 is 0 Å². The van der Waals surface area contributed by atoms with Gasteiger partial charge in [-0.2, -0.15) is 0 Å². The van der Waals surface area contributed by atoms with E-state index in [9.17, 15) is 5.11 Å². The molecule has 1 aliphatic heterocycles. The van der Waals surface area contributed by atoms with Gasteiger partial charge < -0.3 is 9.84 Å². The summed E-state index contributed by atoms with van der Waals surface area (Å²) in [7, 11) is 0. The van der Waals surface area contributed by atoms with Gasteiger partial charge >= 0.3 is 0 Å².